The zero-order chi connectivity index (χ0) is 14.4. The maximum absolute atomic E-state index is 5.16. The number of nitrogens with one attached hydrogen (secondary N) is 1. The van der Waals surface area contributed by atoms with Crippen LogP contribution in [0.1, 0.15) is 31.9 Å². The van der Waals surface area contributed by atoms with Crippen molar-refractivity contribution in [2.75, 3.05) is 38.7 Å². The lowest BCUT2D eigenvalue weighted by molar-refractivity contribution is 0.187. The highest BCUT2D eigenvalue weighted by molar-refractivity contribution is 5.30. The smallest absolute Gasteiger partial charge is 0.203 e. The molecule has 1 aliphatic rings. The van der Waals surface area contributed by atoms with Gasteiger partial charge < -0.3 is 19.5 Å². The number of piperidine rings is 1. The highest BCUT2D eigenvalue weighted by Gasteiger charge is 2.19. The number of aromatic nitrogens is 2. The van der Waals surface area contributed by atoms with Gasteiger partial charge in [0.1, 0.15) is 0 Å². The third kappa shape index (κ3) is 4.21. The topological polar surface area (TPSA) is 42.3 Å². The number of nitrogens with zero attached hydrogens (tertiary/aromatic N) is 3. The molecule has 114 valence electrons. The fourth-order valence-corrected chi connectivity index (χ4v) is 2.82. The Kier molecular flexibility index (Phi) is 5.86. The van der Waals surface area contributed by atoms with E-state index in [-0.39, 0.29) is 0 Å². The van der Waals surface area contributed by atoms with Gasteiger partial charge in [0.15, 0.2) is 0 Å². The molecular weight excluding hydrogens is 252 g/mol. The summed E-state index contributed by atoms with van der Waals surface area (Å²) in [6.45, 7) is 9.49. The minimum atomic E-state index is 0.547. The Hall–Kier alpha value is -1.07. The van der Waals surface area contributed by atoms with Crippen molar-refractivity contribution in [2.45, 2.75) is 45.7 Å². The number of methoxy groups -OCH3 is 1. The van der Waals surface area contributed by atoms with Gasteiger partial charge >= 0.3 is 0 Å². The Morgan fingerprint density at radius 1 is 1.35 bits per heavy atom. The van der Waals surface area contributed by atoms with E-state index in [4.69, 9.17) is 4.74 Å². The largest absolute Gasteiger partial charge is 0.383 e. The van der Waals surface area contributed by atoms with Gasteiger partial charge in [-0.2, -0.15) is 0 Å². The molecule has 2 heterocycles. The zero-order valence-corrected chi connectivity index (χ0v) is 13.1. The summed E-state index contributed by atoms with van der Waals surface area (Å²) < 4.78 is 7.32. The van der Waals surface area contributed by atoms with Gasteiger partial charge in [0.2, 0.25) is 5.95 Å². The van der Waals surface area contributed by atoms with E-state index in [0.29, 0.717) is 6.04 Å². The molecule has 0 unspecified atom stereocenters. The number of likely N-dealkylation sites (tertiary alicyclic amines) is 1. The summed E-state index contributed by atoms with van der Waals surface area (Å²) in [7, 11) is 1.74. The quantitative estimate of drug-likeness (QED) is 0.831. The fraction of sp³-hybridized carbons (Fsp3) is 0.800. The monoisotopic (exact) mass is 280 g/mol. The van der Waals surface area contributed by atoms with E-state index in [1.165, 1.54) is 38.9 Å². The normalized spacial score (nSPS) is 17.6. The minimum absolute atomic E-state index is 0.547. The van der Waals surface area contributed by atoms with Crippen LogP contribution in [-0.4, -0.2) is 53.8 Å². The van der Waals surface area contributed by atoms with Crippen molar-refractivity contribution >= 4 is 5.95 Å². The number of imidazole rings is 1. The van der Waals surface area contributed by atoms with Crippen molar-refractivity contribution in [2.24, 2.45) is 0 Å². The van der Waals surface area contributed by atoms with E-state index in [1.54, 1.807) is 7.11 Å². The molecule has 0 radical (unpaired) electrons. The van der Waals surface area contributed by atoms with Gasteiger partial charge in [-0.05, 0) is 32.7 Å². The first-order valence-corrected chi connectivity index (χ1v) is 7.74. The standard InChI is InChI=1S/C15H28N4O/c1-4-7-18-8-5-14(6-9-18)17-15-16-13(2)12-19(15)10-11-20-3/h12,14H,4-11H2,1-3H3,(H,16,17). The van der Waals surface area contributed by atoms with Crippen LogP contribution in [0, 0.1) is 6.92 Å². The van der Waals surface area contributed by atoms with E-state index in [2.05, 4.69) is 32.9 Å². The molecule has 1 aromatic heterocycles. The summed E-state index contributed by atoms with van der Waals surface area (Å²) in [6, 6.07) is 0.547. The molecule has 1 aromatic rings. The highest BCUT2D eigenvalue weighted by atomic mass is 16.5. The summed E-state index contributed by atoms with van der Waals surface area (Å²) in [6.07, 6.45) is 5.75. The number of rotatable bonds is 7. The molecule has 2 rings (SSSR count). The van der Waals surface area contributed by atoms with E-state index in [9.17, 15) is 0 Å². The van der Waals surface area contributed by atoms with Gasteiger partial charge in [-0.15, -0.1) is 0 Å². The summed E-state index contributed by atoms with van der Waals surface area (Å²) in [4.78, 5) is 7.15. The van der Waals surface area contributed by atoms with Crippen LogP contribution in [0.2, 0.25) is 0 Å². The summed E-state index contributed by atoms with van der Waals surface area (Å²) in [5, 5.41) is 3.61. The first-order valence-electron chi connectivity index (χ1n) is 7.74. The average Bonchev–Trinajstić information content (AvgIpc) is 2.79. The van der Waals surface area contributed by atoms with Gasteiger partial charge in [0.25, 0.3) is 0 Å². The van der Waals surface area contributed by atoms with E-state index in [0.717, 1.165) is 24.8 Å². The predicted molar refractivity (Wildman–Crippen MR) is 82.2 cm³/mol. The summed E-state index contributed by atoms with van der Waals surface area (Å²) >= 11 is 0. The SMILES string of the molecule is CCCN1CCC(Nc2nc(C)cn2CCOC)CC1. The van der Waals surface area contributed by atoms with Gasteiger partial charge in [-0.3, -0.25) is 0 Å². The Balaban J connectivity index is 1.87. The van der Waals surface area contributed by atoms with Gasteiger partial charge in [-0.25, -0.2) is 4.98 Å². The van der Waals surface area contributed by atoms with Gasteiger partial charge in [-0.1, -0.05) is 6.92 Å². The molecule has 0 spiro atoms. The maximum Gasteiger partial charge on any atom is 0.203 e. The Morgan fingerprint density at radius 3 is 2.75 bits per heavy atom. The van der Waals surface area contributed by atoms with Crippen molar-refractivity contribution in [3.8, 4) is 0 Å². The van der Waals surface area contributed by atoms with E-state index in [1.807, 2.05) is 6.92 Å². The molecule has 20 heavy (non-hydrogen) atoms. The van der Waals surface area contributed by atoms with Crippen LogP contribution >= 0.6 is 0 Å². The second kappa shape index (κ2) is 7.64. The lowest BCUT2D eigenvalue weighted by atomic mass is 10.1. The third-order valence-corrected chi connectivity index (χ3v) is 3.89. The number of aryl methyl sites for hydroxylation is 1. The molecule has 5 heteroatoms. The van der Waals surface area contributed by atoms with Gasteiger partial charge in [0, 0.05) is 39.0 Å². The average molecular weight is 280 g/mol. The van der Waals surface area contributed by atoms with E-state index < -0.39 is 0 Å². The minimum Gasteiger partial charge on any atom is -0.383 e. The fourth-order valence-electron chi connectivity index (χ4n) is 2.82. The molecule has 0 aromatic carbocycles. The van der Waals surface area contributed by atoms with Crippen LogP contribution in [0.5, 0.6) is 0 Å². The molecule has 1 N–H and O–H groups in total. The molecule has 0 aliphatic carbocycles. The molecule has 1 aliphatic heterocycles. The molecule has 0 saturated carbocycles. The van der Waals surface area contributed by atoms with Crippen LogP contribution < -0.4 is 5.32 Å². The first kappa shape index (κ1) is 15.3. The zero-order valence-electron chi connectivity index (χ0n) is 13.1. The molecule has 1 fully saturated rings. The number of hydrogen-bond donors (Lipinski definition) is 1. The molecule has 5 nitrogen and oxygen atoms in total. The van der Waals surface area contributed by atoms with E-state index >= 15 is 0 Å². The number of hydrogen-bond acceptors (Lipinski definition) is 4. The van der Waals surface area contributed by atoms with Gasteiger partial charge in [0.05, 0.1) is 12.3 Å². The summed E-state index contributed by atoms with van der Waals surface area (Å²) in [5.74, 6) is 0.994. The first-order chi connectivity index (χ1) is 9.72. The highest BCUT2D eigenvalue weighted by Crippen LogP contribution is 2.17. The van der Waals surface area contributed by atoms with Crippen molar-refractivity contribution in [3.63, 3.8) is 0 Å². The Bertz CT molecular complexity index is 397. The molecule has 1 saturated heterocycles. The molecular formula is C15H28N4O. The summed E-state index contributed by atoms with van der Waals surface area (Å²) in [5.41, 5.74) is 1.06. The van der Waals surface area contributed by atoms with Crippen LogP contribution in [0.25, 0.3) is 0 Å². The van der Waals surface area contributed by atoms with Crippen molar-refractivity contribution < 1.29 is 4.74 Å². The lowest BCUT2D eigenvalue weighted by Gasteiger charge is -2.32. The van der Waals surface area contributed by atoms with Crippen LogP contribution in [-0.2, 0) is 11.3 Å². The Labute approximate surface area is 122 Å². The lowest BCUT2D eigenvalue weighted by Crippen LogP contribution is -2.39. The second-order valence-electron chi connectivity index (χ2n) is 5.65. The third-order valence-electron chi connectivity index (χ3n) is 3.89. The van der Waals surface area contributed by atoms with Crippen LogP contribution in [0.15, 0.2) is 6.20 Å². The van der Waals surface area contributed by atoms with Crippen LogP contribution in [0.4, 0.5) is 5.95 Å². The predicted octanol–water partition coefficient (Wildman–Crippen LogP) is 2.12. The molecule has 0 bridgehead atoms. The van der Waals surface area contributed by atoms with Crippen molar-refractivity contribution in [1.29, 1.82) is 0 Å². The van der Waals surface area contributed by atoms with Crippen molar-refractivity contribution in [3.05, 3.63) is 11.9 Å². The van der Waals surface area contributed by atoms with Crippen LogP contribution in [0.3, 0.4) is 0 Å². The number of anilines is 1. The second-order valence-corrected chi connectivity index (χ2v) is 5.65. The molecule has 0 amide bonds. The maximum atomic E-state index is 5.16. The molecule has 0 atom stereocenters. The number of ether oxygens (including phenoxy) is 1. The Morgan fingerprint density at radius 2 is 2.10 bits per heavy atom. The van der Waals surface area contributed by atoms with Crippen molar-refractivity contribution in [1.82, 2.24) is 14.5 Å².